The molecular formula is C33H52O4. The smallest absolute Gasteiger partial charge is 0.302 e. The maximum absolute atomic E-state index is 13.4. The number of hydrogen-bond acceptors (Lipinski definition) is 4. The first-order valence-electron chi connectivity index (χ1n) is 15.3. The summed E-state index contributed by atoms with van der Waals surface area (Å²) in [5, 5.41) is 10.1. The highest BCUT2D eigenvalue weighted by molar-refractivity contribution is 5.86. The summed E-state index contributed by atoms with van der Waals surface area (Å²) in [7, 11) is 0. The van der Waals surface area contributed by atoms with Crippen LogP contribution < -0.4 is 0 Å². The molecule has 0 aromatic heterocycles. The Morgan fingerprint density at radius 1 is 0.973 bits per heavy atom. The van der Waals surface area contributed by atoms with E-state index in [2.05, 4.69) is 41.2 Å². The van der Waals surface area contributed by atoms with Crippen molar-refractivity contribution in [2.75, 3.05) is 13.2 Å². The van der Waals surface area contributed by atoms with Crippen LogP contribution in [0.1, 0.15) is 112 Å². The lowest BCUT2D eigenvalue weighted by atomic mass is 9.32. The summed E-state index contributed by atoms with van der Waals surface area (Å²) in [6.07, 6.45) is 12.6. The zero-order valence-corrected chi connectivity index (χ0v) is 24.5. The van der Waals surface area contributed by atoms with Gasteiger partial charge in [-0.25, -0.2) is 0 Å². The van der Waals surface area contributed by atoms with Gasteiger partial charge in [0, 0.05) is 13.3 Å². The van der Waals surface area contributed by atoms with Gasteiger partial charge in [-0.15, -0.1) is 0 Å². The zero-order valence-electron chi connectivity index (χ0n) is 24.5. The number of hydrogen-bond donors (Lipinski definition) is 1. The first-order chi connectivity index (χ1) is 17.3. The first-order valence-corrected chi connectivity index (χ1v) is 15.3. The van der Waals surface area contributed by atoms with Crippen LogP contribution in [-0.2, 0) is 14.3 Å². The second-order valence-electron chi connectivity index (χ2n) is 15.0. The molecule has 1 N–H and O–H groups in total. The summed E-state index contributed by atoms with van der Waals surface area (Å²) >= 11 is 0. The van der Waals surface area contributed by atoms with Gasteiger partial charge in [-0.2, -0.15) is 0 Å². The third-order valence-electron chi connectivity index (χ3n) is 14.2. The van der Waals surface area contributed by atoms with Gasteiger partial charge in [0.15, 0.2) is 0 Å². The molecular weight excluding hydrogens is 460 g/mol. The van der Waals surface area contributed by atoms with E-state index < -0.39 is 5.41 Å². The molecule has 0 aliphatic heterocycles. The number of ketones is 1. The fourth-order valence-corrected chi connectivity index (χ4v) is 12.0. The van der Waals surface area contributed by atoms with Crippen molar-refractivity contribution in [3.63, 3.8) is 0 Å². The van der Waals surface area contributed by atoms with Gasteiger partial charge in [-0.3, -0.25) is 9.59 Å². The lowest BCUT2D eigenvalue weighted by Gasteiger charge is -2.72. The maximum atomic E-state index is 13.4. The van der Waals surface area contributed by atoms with E-state index in [1.807, 2.05) is 0 Å². The summed E-state index contributed by atoms with van der Waals surface area (Å²) in [6.45, 7) is 18.4. The van der Waals surface area contributed by atoms with Crippen LogP contribution in [0.25, 0.3) is 0 Å². The van der Waals surface area contributed by atoms with Crippen molar-refractivity contribution in [3.8, 4) is 0 Å². The Balaban J connectivity index is 1.51. The fraction of sp³-hybridized carbons (Fsp3) is 0.879. The Bertz CT molecular complexity index is 971. The number of carbonyl (C=O) groups is 2. The van der Waals surface area contributed by atoms with E-state index >= 15 is 0 Å². The maximum Gasteiger partial charge on any atom is 0.302 e. The molecule has 5 rings (SSSR count). The normalized spacial score (nSPS) is 50.9. The van der Waals surface area contributed by atoms with Crippen molar-refractivity contribution in [3.05, 3.63) is 12.2 Å². The summed E-state index contributed by atoms with van der Waals surface area (Å²) < 4.78 is 5.54. The van der Waals surface area contributed by atoms with Crippen LogP contribution >= 0.6 is 0 Å². The van der Waals surface area contributed by atoms with Crippen LogP contribution in [0.2, 0.25) is 0 Å². The van der Waals surface area contributed by atoms with Crippen LogP contribution in [0.3, 0.4) is 0 Å². The lowest BCUT2D eigenvalue weighted by Crippen LogP contribution is -2.67. The van der Waals surface area contributed by atoms with Gasteiger partial charge in [-0.1, -0.05) is 40.7 Å². The molecule has 10 unspecified atom stereocenters. The van der Waals surface area contributed by atoms with Gasteiger partial charge in [-0.05, 0) is 122 Å². The molecule has 0 aromatic carbocycles. The number of carbonyl (C=O) groups excluding carboxylic acids is 2. The van der Waals surface area contributed by atoms with Crippen molar-refractivity contribution in [2.24, 2.45) is 56.7 Å². The van der Waals surface area contributed by atoms with Gasteiger partial charge in [0.2, 0.25) is 0 Å². The van der Waals surface area contributed by atoms with E-state index in [4.69, 9.17) is 4.74 Å². The van der Waals surface area contributed by atoms with Gasteiger partial charge >= 0.3 is 5.97 Å². The van der Waals surface area contributed by atoms with Gasteiger partial charge in [0.1, 0.15) is 12.4 Å². The van der Waals surface area contributed by atoms with Gasteiger partial charge in [0.25, 0.3) is 0 Å². The topological polar surface area (TPSA) is 63.6 Å². The Morgan fingerprint density at radius 3 is 2.35 bits per heavy atom. The third kappa shape index (κ3) is 3.55. The Kier molecular flexibility index (Phi) is 6.62. The molecule has 0 radical (unpaired) electrons. The van der Waals surface area contributed by atoms with E-state index in [0.29, 0.717) is 41.3 Å². The van der Waals surface area contributed by atoms with Crippen molar-refractivity contribution < 1.29 is 19.4 Å². The van der Waals surface area contributed by atoms with Crippen molar-refractivity contribution in [1.29, 1.82) is 0 Å². The van der Waals surface area contributed by atoms with Crippen molar-refractivity contribution in [1.82, 2.24) is 0 Å². The van der Waals surface area contributed by atoms with Crippen LogP contribution in [-0.4, -0.2) is 30.1 Å². The molecule has 0 bridgehead atoms. The molecule has 5 aliphatic rings. The van der Waals surface area contributed by atoms with E-state index in [1.54, 1.807) is 0 Å². The van der Waals surface area contributed by atoms with Crippen LogP contribution in [0.4, 0.5) is 0 Å². The summed E-state index contributed by atoms with van der Waals surface area (Å²) in [5.74, 6) is 2.64. The molecule has 0 amide bonds. The second kappa shape index (κ2) is 8.93. The van der Waals surface area contributed by atoms with E-state index in [0.717, 1.165) is 24.8 Å². The van der Waals surface area contributed by atoms with Crippen molar-refractivity contribution >= 4 is 11.8 Å². The minimum absolute atomic E-state index is 0.0901. The molecule has 208 valence electrons. The summed E-state index contributed by atoms with van der Waals surface area (Å²) in [6, 6.07) is 0. The molecule has 5 fully saturated rings. The Labute approximate surface area is 225 Å². The molecule has 37 heavy (non-hydrogen) atoms. The highest BCUT2D eigenvalue weighted by Gasteiger charge is 2.71. The number of ether oxygens (including phenoxy) is 1. The number of rotatable bonds is 5. The number of Topliss-reactive ketones (excluding diaryl/α,β-unsaturated/α-hetero) is 1. The SMILES string of the molecule is C=C(CO)C1CCC2(CC)CCC3(C)C(CCC4C5(C)CCC(=O)C(C)(COC(C)=O)C5CCC43C)C12. The molecule has 4 nitrogen and oxygen atoms in total. The monoisotopic (exact) mass is 512 g/mol. The second-order valence-corrected chi connectivity index (χ2v) is 15.0. The minimum Gasteiger partial charge on any atom is -0.465 e. The zero-order chi connectivity index (χ0) is 27.0. The van der Waals surface area contributed by atoms with Crippen molar-refractivity contribution in [2.45, 2.75) is 112 Å². The van der Waals surface area contributed by atoms with E-state index in [-0.39, 0.29) is 41.3 Å². The molecule has 5 aliphatic carbocycles. The Morgan fingerprint density at radius 2 is 1.70 bits per heavy atom. The quantitative estimate of drug-likeness (QED) is 0.314. The first kappa shape index (κ1) is 27.4. The standard InChI is InChI=1S/C33H52O4/c1-8-33-16-11-23(21(2)19-34)28(33)24-9-10-26-29(4)14-13-27(36)30(5,20-37-22(3)35)25(29)12-15-32(26,7)31(24,6)17-18-33/h23-26,28,34H,2,8-20H2,1,3-7H3. The average molecular weight is 513 g/mol. The molecule has 0 spiro atoms. The highest BCUT2D eigenvalue weighted by Crippen LogP contribution is 2.77. The molecule has 5 saturated carbocycles. The van der Waals surface area contributed by atoms with Crippen LogP contribution in [0.15, 0.2) is 12.2 Å². The van der Waals surface area contributed by atoms with Gasteiger partial charge < -0.3 is 9.84 Å². The summed E-state index contributed by atoms with van der Waals surface area (Å²) in [5.41, 5.74) is 1.50. The molecule has 10 atom stereocenters. The highest BCUT2D eigenvalue weighted by atomic mass is 16.5. The predicted molar refractivity (Wildman–Crippen MR) is 147 cm³/mol. The number of aliphatic hydroxyl groups is 1. The van der Waals surface area contributed by atoms with Crippen LogP contribution in [0, 0.1) is 56.7 Å². The minimum atomic E-state index is -0.572. The molecule has 0 saturated heterocycles. The van der Waals surface area contributed by atoms with Crippen LogP contribution in [0.5, 0.6) is 0 Å². The van der Waals surface area contributed by atoms with E-state index in [1.165, 1.54) is 51.9 Å². The number of esters is 1. The third-order valence-corrected chi connectivity index (χ3v) is 14.2. The largest absolute Gasteiger partial charge is 0.465 e. The van der Waals surface area contributed by atoms with Gasteiger partial charge in [0.05, 0.1) is 12.0 Å². The number of fused-ring (bicyclic) bond motifs is 7. The average Bonchev–Trinajstić information content (AvgIpc) is 3.25. The molecule has 0 heterocycles. The van der Waals surface area contributed by atoms with E-state index in [9.17, 15) is 14.7 Å². The Hall–Kier alpha value is -1.16. The predicted octanol–water partition coefficient (Wildman–Crippen LogP) is 7.14. The molecule has 4 heteroatoms. The molecule has 0 aromatic rings. The number of aliphatic hydroxyl groups excluding tert-OH is 1. The lowest BCUT2D eigenvalue weighted by molar-refractivity contribution is -0.238. The summed E-state index contributed by atoms with van der Waals surface area (Å²) in [4.78, 5) is 25.1. The fourth-order valence-electron chi connectivity index (χ4n) is 12.0.